The van der Waals surface area contributed by atoms with Crippen molar-refractivity contribution < 1.29 is 8.78 Å². The molecule has 1 N–H and O–H groups in total. The number of amidine groups is 1. The maximum Gasteiger partial charge on any atom is 0.129 e. The van der Waals surface area contributed by atoms with Crippen LogP contribution >= 0.6 is 0 Å². The minimum absolute atomic E-state index is 0.248. The van der Waals surface area contributed by atoms with E-state index in [4.69, 9.17) is 5.41 Å². The third-order valence-corrected chi connectivity index (χ3v) is 3.32. The fraction of sp³-hybridized carbons (Fsp3) is 0.133. The minimum atomic E-state index is -0.351. The molecule has 0 saturated carbocycles. The van der Waals surface area contributed by atoms with Gasteiger partial charge in [0.2, 0.25) is 0 Å². The second-order valence-electron chi connectivity index (χ2n) is 4.60. The third-order valence-electron chi connectivity index (χ3n) is 3.32. The van der Waals surface area contributed by atoms with Gasteiger partial charge in [0.1, 0.15) is 17.5 Å². The number of halogens is 2. The lowest BCUT2D eigenvalue weighted by molar-refractivity contribution is 0.411. The number of nitrogens with one attached hydrogen (secondary N) is 1. The molecule has 0 atom stereocenters. The predicted octanol–water partition coefficient (Wildman–Crippen LogP) is 3.31. The second kappa shape index (κ2) is 4.46. The van der Waals surface area contributed by atoms with Gasteiger partial charge in [0.15, 0.2) is 0 Å². The van der Waals surface area contributed by atoms with E-state index < -0.39 is 0 Å². The molecule has 1 heterocycles. The van der Waals surface area contributed by atoms with E-state index in [1.807, 2.05) is 0 Å². The Bertz CT molecular complexity index is 652. The summed E-state index contributed by atoms with van der Waals surface area (Å²) in [6.45, 7) is 0.838. The van der Waals surface area contributed by atoms with Crippen molar-refractivity contribution in [2.45, 2.75) is 13.1 Å². The van der Waals surface area contributed by atoms with Crippen molar-refractivity contribution in [3.63, 3.8) is 0 Å². The lowest BCUT2D eigenvalue weighted by Crippen LogP contribution is -2.23. The smallest absolute Gasteiger partial charge is 0.129 e. The zero-order chi connectivity index (χ0) is 13.4. The molecule has 0 bridgehead atoms. The number of benzene rings is 2. The Labute approximate surface area is 109 Å². The number of fused-ring (bicyclic) bond motifs is 1. The van der Waals surface area contributed by atoms with Gasteiger partial charge in [-0.2, -0.15) is 0 Å². The third kappa shape index (κ3) is 2.10. The van der Waals surface area contributed by atoms with Crippen LogP contribution in [0, 0.1) is 17.0 Å². The summed E-state index contributed by atoms with van der Waals surface area (Å²) in [6, 6.07) is 10.9. The van der Waals surface area contributed by atoms with Gasteiger partial charge < -0.3 is 4.90 Å². The predicted molar refractivity (Wildman–Crippen MR) is 68.9 cm³/mol. The van der Waals surface area contributed by atoms with Crippen molar-refractivity contribution in [3.8, 4) is 0 Å². The van der Waals surface area contributed by atoms with E-state index in [9.17, 15) is 8.78 Å². The summed E-state index contributed by atoms with van der Waals surface area (Å²) in [5, 5.41) is 8.04. The minimum Gasteiger partial charge on any atom is -0.348 e. The standard InChI is InChI=1S/C15H12F2N2/c16-12-6-5-10-8-19(15(18)13(10)7-12)9-11-3-1-2-4-14(11)17/h1-7,18H,8-9H2. The largest absolute Gasteiger partial charge is 0.348 e. The summed E-state index contributed by atoms with van der Waals surface area (Å²) in [5.41, 5.74) is 2.04. The van der Waals surface area contributed by atoms with Crippen LogP contribution in [0.5, 0.6) is 0 Å². The molecular weight excluding hydrogens is 246 g/mol. The summed E-state index contributed by atoms with van der Waals surface area (Å²) >= 11 is 0. The fourth-order valence-corrected chi connectivity index (χ4v) is 2.33. The molecule has 19 heavy (non-hydrogen) atoms. The molecule has 3 rings (SSSR count). The van der Waals surface area contributed by atoms with Crippen LogP contribution in [-0.2, 0) is 13.1 Å². The molecule has 0 spiro atoms. The van der Waals surface area contributed by atoms with E-state index in [0.29, 0.717) is 24.2 Å². The van der Waals surface area contributed by atoms with E-state index >= 15 is 0 Å². The Morgan fingerprint density at radius 2 is 1.89 bits per heavy atom. The average molecular weight is 258 g/mol. The van der Waals surface area contributed by atoms with Gasteiger partial charge >= 0.3 is 0 Å². The van der Waals surface area contributed by atoms with Crippen LogP contribution in [0.4, 0.5) is 8.78 Å². The molecular formula is C15H12F2N2. The van der Waals surface area contributed by atoms with E-state index in [1.54, 1.807) is 29.2 Å². The summed E-state index contributed by atoms with van der Waals surface area (Å²) in [4.78, 5) is 1.74. The van der Waals surface area contributed by atoms with Gasteiger partial charge in [-0.25, -0.2) is 8.78 Å². The molecule has 0 radical (unpaired) electrons. The first kappa shape index (κ1) is 11.8. The van der Waals surface area contributed by atoms with Gasteiger partial charge in [0.05, 0.1) is 0 Å². The Balaban J connectivity index is 1.87. The summed E-state index contributed by atoms with van der Waals surface area (Å²) in [5.74, 6) is -0.383. The van der Waals surface area contributed by atoms with Crippen molar-refractivity contribution in [1.29, 1.82) is 5.41 Å². The first-order chi connectivity index (χ1) is 9.15. The Kier molecular flexibility index (Phi) is 2.78. The topological polar surface area (TPSA) is 27.1 Å². The van der Waals surface area contributed by atoms with Crippen LogP contribution in [0.3, 0.4) is 0 Å². The van der Waals surface area contributed by atoms with Gasteiger partial charge in [-0.05, 0) is 23.8 Å². The maximum atomic E-state index is 13.6. The molecule has 4 heteroatoms. The molecule has 0 unspecified atom stereocenters. The van der Waals surface area contributed by atoms with Gasteiger partial charge in [0, 0.05) is 24.2 Å². The molecule has 1 aliphatic rings. The highest BCUT2D eigenvalue weighted by atomic mass is 19.1. The molecule has 2 aromatic rings. The van der Waals surface area contributed by atoms with E-state index in [2.05, 4.69) is 0 Å². The van der Waals surface area contributed by atoms with Crippen molar-refractivity contribution in [2.24, 2.45) is 0 Å². The number of rotatable bonds is 2. The van der Waals surface area contributed by atoms with E-state index in [-0.39, 0.29) is 17.5 Å². The zero-order valence-corrected chi connectivity index (χ0v) is 10.2. The Hall–Kier alpha value is -2.23. The molecule has 0 aliphatic carbocycles. The van der Waals surface area contributed by atoms with Crippen LogP contribution < -0.4 is 0 Å². The molecule has 2 nitrogen and oxygen atoms in total. The van der Waals surface area contributed by atoms with Crippen LogP contribution in [-0.4, -0.2) is 10.7 Å². The second-order valence-corrected chi connectivity index (χ2v) is 4.60. The van der Waals surface area contributed by atoms with Crippen LogP contribution in [0.25, 0.3) is 0 Å². The number of nitrogens with zero attached hydrogens (tertiary/aromatic N) is 1. The van der Waals surface area contributed by atoms with Crippen molar-refractivity contribution in [2.75, 3.05) is 0 Å². The highest BCUT2D eigenvalue weighted by Crippen LogP contribution is 2.25. The van der Waals surface area contributed by atoms with Crippen molar-refractivity contribution in [1.82, 2.24) is 4.90 Å². The number of hydrogen-bond acceptors (Lipinski definition) is 1. The fourth-order valence-electron chi connectivity index (χ4n) is 2.33. The summed E-state index contributed by atoms with van der Waals surface area (Å²) in [6.07, 6.45) is 0. The molecule has 0 saturated heterocycles. The molecule has 96 valence electrons. The van der Waals surface area contributed by atoms with Gasteiger partial charge in [0.25, 0.3) is 0 Å². The summed E-state index contributed by atoms with van der Waals surface area (Å²) in [7, 11) is 0. The molecule has 2 aromatic carbocycles. The normalized spacial score (nSPS) is 13.8. The van der Waals surface area contributed by atoms with E-state index in [1.165, 1.54) is 18.2 Å². The van der Waals surface area contributed by atoms with Crippen LogP contribution in [0.1, 0.15) is 16.7 Å². The lowest BCUT2D eigenvalue weighted by Gasteiger charge is -2.18. The first-order valence-corrected chi connectivity index (χ1v) is 6.01. The Morgan fingerprint density at radius 1 is 1.11 bits per heavy atom. The average Bonchev–Trinajstić information content (AvgIpc) is 2.70. The first-order valence-electron chi connectivity index (χ1n) is 6.01. The highest BCUT2D eigenvalue weighted by Gasteiger charge is 2.25. The van der Waals surface area contributed by atoms with Gasteiger partial charge in [-0.15, -0.1) is 0 Å². The van der Waals surface area contributed by atoms with Crippen LogP contribution in [0.2, 0.25) is 0 Å². The highest BCUT2D eigenvalue weighted by molar-refractivity contribution is 6.00. The molecule has 1 aliphatic heterocycles. The quantitative estimate of drug-likeness (QED) is 0.879. The number of hydrogen-bond donors (Lipinski definition) is 1. The molecule has 0 fully saturated rings. The van der Waals surface area contributed by atoms with Crippen molar-refractivity contribution in [3.05, 3.63) is 70.8 Å². The van der Waals surface area contributed by atoms with Gasteiger partial charge in [-0.3, -0.25) is 5.41 Å². The molecule has 0 amide bonds. The van der Waals surface area contributed by atoms with E-state index in [0.717, 1.165) is 5.56 Å². The molecule has 0 aromatic heterocycles. The zero-order valence-electron chi connectivity index (χ0n) is 10.2. The Morgan fingerprint density at radius 3 is 2.68 bits per heavy atom. The van der Waals surface area contributed by atoms with Gasteiger partial charge in [-0.1, -0.05) is 24.3 Å². The summed E-state index contributed by atoms with van der Waals surface area (Å²) < 4.78 is 26.8. The monoisotopic (exact) mass is 258 g/mol. The lowest BCUT2D eigenvalue weighted by atomic mass is 10.1. The SMILES string of the molecule is N=C1c2cc(F)ccc2CN1Cc1ccccc1F. The van der Waals surface area contributed by atoms with Crippen LogP contribution in [0.15, 0.2) is 42.5 Å². The maximum absolute atomic E-state index is 13.6. The van der Waals surface area contributed by atoms with Crippen molar-refractivity contribution >= 4 is 5.84 Å².